The van der Waals surface area contributed by atoms with Crippen LogP contribution in [0.15, 0.2) is 24.4 Å². The summed E-state index contributed by atoms with van der Waals surface area (Å²) < 4.78 is 0. The van der Waals surface area contributed by atoms with Crippen LogP contribution >= 0.6 is 0 Å². The molecule has 2 aromatic rings. The summed E-state index contributed by atoms with van der Waals surface area (Å²) in [7, 11) is 2.07. The molecule has 0 aliphatic carbocycles. The number of hydrogen-bond acceptors (Lipinski definition) is 4. The number of piperidine rings is 1. The zero-order chi connectivity index (χ0) is 15.0. The van der Waals surface area contributed by atoms with Crippen LogP contribution in [0.3, 0.4) is 0 Å². The van der Waals surface area contributed by atoms with E-state index in [4.69, 9.17) is 5.73 Å². The molecule has 1 saturated heterocycles. The molecule has 108 valence electrons. The van der Waals surface area contributed by atoms with Crippen molar-refractivity contribution in [1.82, 2.24) is 4.98 Å². The van der Waals surface area contributed by atoms with Gasteiger partial charge in [-0.15, -0.1) is 0 Å². The molecule has 0 radical (unpaired) electrons. The number of pyridine rings is 1. The second-order valence-corrected chi connectivity index (χ2v) is 5.92. The maximum atomic E-state index is 12.0. The molecule has 1 aromatic carbocycles. The molecule has 0 saturated carbocycles. The fourth-order valence-corrected chi connectivity index (χ4v) is 3.01. The molecule has 0 spiro atoms. The number of nitrogens with two attached hydrogens (primary N) is 1. The van der Waals surface area contributed by atoms with Gasteiger partial charge < -0.3 is 10.6 Å². The van der Waals surface area contributed by atoms with Gasteiger partial charge in [0.2, 0.25) is 0 Å². The summed E-state index contributed by atoms with van der Waals surface area (Å²) in [5, 5.41) is 1.07. The van der Waals surface area contributed by atoms with E-state index in [0.717, 1.165) is 42.5 Å². The average Bonchev–Trinajstić information content (AvgIpc) is 2.47. The lowest BCUT2D eigenvalue weighted by molar-refractivity contribution is 0.101. The van der Waals surface area contributed by atoms with Gasteiger partial charge in [-0.25, -0.2) is 0 Å². The molecule has 1 aliphatic rings. The molecule has 0 amide bonds. The Morgan fingerprint density at radius 1 is 1.38 bits per heavy atom. The summed E-state index contributed by atoms with van der Waals surface area (Å²) >= 11 is 0. The summed E-state index contributed by atoms with van der Waals surface area (Å²) in [5.41, 5.74) is 9.87. The SMILES string of the molecule is Bc1ccc2ncc(C(C)=O)c(N3CCC(N)CC3)c2c1. The summed E-state index contributed by atoms with van der Waals surface area (Å²) in [6.07, 6.45) is 3.64. The zero-order valence-electron chi connectivity index (χ0n) is 12.6. The van der Waals surface area contributed by atoms with Gasteiger partial charge in [-0.3, -0.25) is 9.78 Å². The molecule has 3 rings (SSSR count). The van der Waals surface area contributed by atoms with Gasteiger partial charge in [-0.2, -0.15) is 0 Å². The fraction of sp³-hybridized carbons (Fsp3) is 0.375. The van der Waals surface area contributed by atoms with E-state index in [9.17, 15) is 4.79 Å². The highest BCUT2D eigenvalue weighted by molar-refractivity contribution is 6.33. The first kappa shape index (κ1) is 14.1. The standard InChI is InChI=1S/C16H20BN3O/c1-10(21)14-9-19-15-3-2-11(17)8-13(15)16(14)20-6-4-12(18)5-7-20/h2-3,8-9,12H,4-7,17-18H2,1H3. The maximum Gasteiger partial charge on any atom is 0.163 e. The Labute approximate surface area is 125 Å². The third-order valence-electron chi connectivity index (χ3n) is 4.23. The van der Waals surface area contributed by atoms with Crippen LogP contribution in [0.25, 0.3) is 10.9 Å². The predicted molar refractivity (Wildman–Crippen MR) is 89.3 cm³/mol. The van der Waals surface area contributed by atoms with Gasteiger partial charge in [-0.05, 0) is 25.8 Å². The molecule has 5 heteroatoms. The first-order chi connectivity index (χ1) is 10.1. The number of carbonyl (C=O) groups excluding carboxylic acids is 1. The monoisotopic (exact) mass is 281 g/mol. The first-order valence-corrected chi connectivity index (χ1v) is 7.47. The van der Waals surface area contributed by atoms with Crippen molar-refractivity contribution in [2.45, 2.75) is 25.8 Å². The number of nitrogens with zero attached hydrogens (tertiary/aromatic N) is 2. The molecule has 4 nitrogen and oxygen atoms in total. The van der Waals surface area contributed by atoms with Crippen LogP contribution in [0.5, 0.6) is 0 Å². The van der Waals surface area contributed by atoms with Crippen molar-refractivity contribution in [3.05, 3.63) is 30.0 Å². The van der Waals surface area contributed by atoms with Gasteiger partial charge in [0, 0.05) is 30.7 Å². The largest absolute Gasteiger partial charge is 0.370 e. The third kappa shape index (κ3) is 2.66. The third-order valence-corrected chi connectivity index (χ3v) is 4.23. The van der Waals surface area contributed by atoms with Crippen molar-refractivity contribution in [3.8, 4) is 0 Å². The Hall–Kier alpha value is -1.88. The molecular weight excluding hydrogens is 261 g/mol. The van der Waals surface area contributed by atoms with E-state index in [0.29, 0.717) is 5.56 Å². The molecule has 1 aliphatic heterocycles. The van der Waals surface area contributed by atoms with E-state index < -0.39 is 0 Å². The summed E-state index contributed by atoms with van der Waals surface area (Å²) in [4.78, 5) is 18.7. The van der Waals surface area contributed by atoms with Crippen molar-refractivity contribution in [2.24, 2.45) is 5.73 Å². The smallest absolute Gasteiger partial charge is 0.163 e. The number of Topliss-reactive ketones (excluding diaryl/α,β-unsaturated/α-hetero) is 1. The summed E-state index contributed by atoms with van der Waals surface area (Å²) in [6, 6.07) is 6.47. The fourth-order valence-electron chi connectivity index (χ4n) is 3.01. The van der Waals surface area contributed by atoms with Crippen LogP contribution in [0.4, 0.5) is 5.69 Å². The molecule has 0 atom stereocenters. The normalized spacial score (nSPS) is 16.4. The molecule has 1 aromatic heterocycles. The van der Waals surface area contributed by atoms with Crippen LogP contribution in [0.1, 0.15) is 30.1 Å². The van der Waals surface area contributed by atoms with Gasteiger partial charge in [0.25, 0.3) is 0 Å². The Morgan fingerprint density at radius 3 is 2.76 bits per heavy atom. The van der Waals surface area contributed by atoms with E-state index in [2.05, 4.69) is 29.9 Å². The van der Waals surface area contributed by atoms with Crippen LogP contribution in [-0.4, -0.2) is 37.7 Å². The molecule has 2 heterocycles. The van der Waals surface area contributed by atoms with Gasteiger partial charge in [-0.1, -0.05) is 17.6 Å². The topological polar surface area (TPSA) is 59.2 Å². The molecular formula is C16H20BN3O. The second kappa shape index (κ2) is 5.49. The minimum Gasteiger partial charge on any atom is -0.370 e. The highest BCUT2D eigenvalue weighted by atomic mass is 16.1. The van der Waals surface area contributed by atoms with Gasteiger partial charge in [0.1, 0.15) is 7.85 Å². The van der Waals surface area contributed by atoms with E-state index >= 15 is 0 Å². The maximum absolute atomic E-state index is 12.0. The van der Waals surface area contributed by atoms with Crippen molar-refractivity contribution in [1.29, 1.82) is 0 Å². The molecule has 21 heavy (non-hydrogen) atoms. The Bertz CT molecular complexity index is 693. The first-order valence-electron chi connectivity index (χ1n) is 7.47. The highest BCUT2D eigenvalue weighted by Crippen LogP contribution is 2.31. The van der Waals surface area contributed by atoms with Crippen LogP contribution in [0, 0.1) is 0 Å². The number of carbonyl (C=O) groups is 1. The Balaban J connectivity index is 2.18. The number of anilines is 1. The van der Waals surface area contributed by atoms with Gasteiger partial charge in [0.15, 0.2) is 5.78 Å². The number of ketones is 1. The molecule has 0 bridgehead atoms. The van der Waals surface area contributed by atoms with E-state index in [1.54, 1.807) is 13.1 Å². The second-order valence-electron chi connectivity index (χ2n) is 5.92. The molecule has 2 N–H and O–H groups in total. The number of aromatic nitrogens is 1. The lowest BCUT2D eigenvalue weighted by atomic mass is 9.92. The zero-order valence-corrected chi connectivity index (χ0v) is 12.6. The predicted octanol–water partition coefficient (Wildman–Crippen LogP) is 0.623. The average molecular weight is 281 g/mol. The van der Waals surface area contributed by atoms with Crippen LogP contribution in [-0.2, 0) is 0 Å². The van der Waals surface area contributed by atoms with Crippen LogP contribution < -0.4 is 16.1 Å². The highest BCUT2D eigenvalue weighted by Gasteiger charge is 2.22. The summed E-state index contributed by atoms with van der Waals surface area (Å²) in [5.74, 6) is 0.0655. The van der Waals surface area contributed by atoms with Crippen molar-refractivity contribution < 1.29 is 4.79 Å². The van der Waals surface area contributed by atoms with Gasteiger partial charge >= 0.3 is 0 Å². The minimum atomic E-state index is 0.0655. The van der Waals surface area contributed by atoms with Crippen molar-refractivity contribution >= 4 is 35.7 Å². The Kier molecular flexibility index (Phi) is 3.68. The summed E-state index contributed by atoms with van der Waals surface area (Å²) in [6.45, 7) is 3.40. The lowest BCUT2D eigenvalue weighted by Crippen LogP contribution is -2.40. The number of rotatable bonds is 2. The number of benzene rings is 1. The number of hydrogen-bond donors (Lipinski definition) is 1. The van der Waals surface area contributed by atoms with E-state index in [-0.39, 0.29) is 11.8 Å². The van der Waals surface area contributed by atoms with Crippen LogP contribution in [0.2, 0.25) is 0 Å². The Morgan fingerprint density at radius 2 is 2.10 bits per heavy atom. The van der Waals surface area contributed by atoms with E-state index in [1.165, 1.54) is 5.46 Å². The van der Waals surface area contributed by atoms with Crippen molar-refractivity contribution in [3.63, 3.8) is 0 Å². The lowest BCUT2D eigenvalue weighted by Gasteiger charge is -2.33. The van der Waals surface area contributed by atoms with E-state index in [1.807, 2.05) is 6.07 Å². The minimum absolute atomic E-state index is 0.0655. The van der Waals surface area contributed by atoms with Gasteiger partial charge in [0.05, 0.1) is 16.8 Å². The molecule has 0 unspecified atom stereocenters. The van der Waals surface area contributed by atoms with Crippen molar-refractivity contribution in [2.75, 3.05) is 18.0 Å². The quantitative estimate of drug-likeness (QED) is 0.647. The molecule has 1 fully saturated rings. The number of fused-ring (bicyclic) bond motifs is 1.